The van der Waals surface area contributed by atoms with Crippen molar-refractivity contribution < 1.29 is 0 Å². The van der Waals surface area contributed by atoms with Gasteiger partial charge < -0.3 is 0 Å². The highest BCUT2D eigenvalue weighted by atomic mass is 14.5. The molecule has 0 aromatic heterocycles. The van der Waals surface area contributed by atoms with Gasteiger partial charge in [-0.25, -0.2) is 0 Å². The Morgan fingerprint density at radius 2 is 1.14 bits per heavy atom. The van der Waals surface area contributed by atoms with Crippen LogP contribution in [0.25, 0.3) is 0 Å². The SMILES string of the molecule is C1C[C@H]2C[C@@H]1C/C2=C1\C[C@@H]2CC[C@H]1C2. The van der Waals surface area contributed by atoms with Gasteiger partial charge in [0.15, 0.2) is 0 Å². The number of fused-ring (bicyclic) bond motifs is 4. The first-order valence-electron chi connectivity index (χ1n) is 6.62. The summed E-state index contributed by atoms with van der Waals surface area (Å²) in [5.74, 6) is 4.35. The van der Waals surface area contributed by atoms with E-state index in [1.807, 2.05) is 11.1 Å². The van der Waals surface area contributed by atoms with E-state index in [0.717, 1.165) is 23.7 Å². The van der Waals surface area contributed by atoms with Crippen LogP contribution in [0.2, 0.25) is 0 Å². The molecule has 4 rings (SSSR count). The van der Waals surface area contributed by atoms with Gasteiger partial charge in [-0.2, -0.15) is 0 Å². The average molecular weight is 188 g/mol. The average Bonchev–Trinajstić information content (AvgIpc) is 2.96. The van der Waals surface area contributed by atoms with Gasteiger partial charge in [0.2, 0.25) is 0 Å². The second-order valence-corrected chi connectivity index (χ2v) is 6.21. The second-order valence-electron chi connectivity index (χ2n) is 6.21. The zero-order valence-corrected chi connectivity index (χ0v) is 8.97. The summed E-state index contributed by atoms with van der Waals surface area (Å²) in [5, 5.41) is 0. The van der Waals surface area contributed by atoms with Crippen LogP contribution in [-0.4, -0.2) is 0 Å². The van der Waals surface area contributed by atoms with E-state index in [2.05, 4.69) is 0 Å². The van der Waals surface area contributed by atoms with E-state index in [0.29, 0.717) is 0 Å². The Bertz CT molecular complexity index is 269. The Morgan fingerprint density at radius 1 is 0.643 bits per heavy atom. The third-order valence-corrected chi connectivity index (χ3v) is 5.50. The molecule has 0 spiro atoms. The summed E-state index contributed by atoms with van der Waals surface area (Å²) in [5.41, 5.74) is 3.96. The van der Waals surface area contributed by atoms with Crippen molar-refractivity contribution >= 4 is 0 Å². The highest BCUT2D eigenvalue weighted by Gasteiger charge is 2.42. The van der Waals surface area contributed by atoms with Crippen LogP contribution in [0.15, 0.2) is 11.1 Å². The molecule has 0 aromatic carbocycles. The van der Waals surface area contributed by atoms with Crippen molar-refractivity contribution in [3.63, 3.8) is 0 Å². The molecule has 0 N–H and O–H groups in total. The molecule has 0 nitrogen and oxygen atoms in total. The minimum absolute atomic E-state index is 1.06. The summed E-state index contributed by atoms with van der Waals surface area (Å²) in [7, 11) is 0. The maximum absolute atomic E-state index is 1.98. The molecule has 4 saturated carbocycles. The van der Waals surface area contributed by atoms with Gasteiger partial charge in [0, 0.05) is 0 Å². The van der Waals surface area contributed by atoms with Gasteiger partial charge in [-0.3, -0.25) is 0 Å². The van der Waals surface area contributed by atoms with E-state index in [9.17, 15) is 0 Å². The fourth-order valence-electron chi connectivity index (χ4n) is 4.90. The summed E-state index contributed by atoms with van der Waals surface area (Å²) in [4.78, 5) is 0. The van der Waals surface area contributed by atoms with Crippen molar-refractivity contribution in [2.75, 3.05) is 0 Å². The third-order valence-electron chi connectivity index (χ3n) is 5.50. The predicted octanol–water partition coefficient (Wildman–Crippen LogP) is 3.92. The van der Waals surface area contributed by atoms with Gasteiger partial charge in [0.05, 0.1) is 0 Å². The van der Waals surface area contributed by atoms with Gasteiger partial charge in [-0.05, 0) is 75.0 Å². The number of allylic oxidation sites excluding steroid dienone is 2. The van der Waals surface area contributed by atoms with E-state index >= 15 is 0 Å². The molecule has 0 heteroatoms. The van der Waals surface area contributed by atoms with Crippen LogP contribution < -0.4 is 0 Å². The molecule has 4 fully saturated rings. The first-order valence-corrected chi connectivity index (χ1v) is 6.62. The lowest BCUT2D eigenvalue weighted by atomic mass is 9.83. The van der Waals surface area contributed by atoms with Crippen molar-refractivity contribution in [3.05, 3.63) is 11.1 Å². The topological polar surface area (TPSA) is 0 Å². The van der Waals surface area contributed by atoms with E-state index in [1.165, 1.54) is 12.8 Å². The molecule has 0 aliphatic heterocycles. The Kier molecular flexibility index (Phi) is 1.51. The molecule has 4 aliphatic rings. The van der Waals surface area contributed by atoms with E-state index in [-0.39, 0.29) is 0 Å². The fourth-order valence-corrected chi connectivity index (χ4v) is 4.90. The molecular weight excluding hydrogens is 168 g/mol. The number of hydrogen-bond donors (Lipinski definition) is 0. The van der Waals surface area contributed by atoms with Crippen molar-refractivity contribution in [3.8, 4) is 0 Å². The smallest absolute Gasteiger partial charge is 0.0197 e. The van der Waals surface area contributed by atoms with Gasteiger partial charge in [-0.15, -0.1) is 0 Å². The Hall–Kier alpha value is -0.260. The summed E-state index contributed by atoms with van der Waals surface area (Å²) < 4.78 is 0. The van der Waals surface area contributed by atoms with Crippen molar-refractivity contribution in [2.24, 2.45) is 23.7 Å². The summed E-state index contributed by atoms with van der Waals surface area (Å²) in [6, 6.07) is 0. The van der Waals surface area contributed by atoms with Crippen LogP contribution in [-0.2, 0) is 0 Å². The molecule has 0 saturated heterocycles. The molecular formula is C14H20. The molecule has 0 amide bonds. The zero-order valence-electron chi connectivity index (χ0n) is 8.97. The van der Waals surface area contributed by atoms with Crippen LogP contribution >= 0.6 is 0 Å². The van der Waals surface area contributed by atoms with Gasteiger partial charge in [-0.1, -0.05) is 11.1 Å². The fraction of sp³-hybridized carbons (Fsp3) is 0.857. The maximum Gasteiger partial charge on any atom is -0.0197 e. The van der Waals surface area contributed by atoms with Crippen molar-refractivity contribution in [1.82, 2.24) is 0 Å². The minimum Gasteiger partial charge on any atom is -0.0673 e. The standard InChI is InChI=1S/C14H20/c1-3-11-5-9(1)7-13(11)14-8-10-2-4-12(14)6-10/h9-12H,1-8H2/b14-13-/t9-,10-,11+,12+/m1/s1. The lowest BCUT2D eigenvalue weighted by Gasteiger charge is -2.22. The second kappa shape index (κ2) is 2.65. The number of rotatable bonds is 0. The molecule has 4 bridgehead atoms. The third kappa shape index (κ3) is 0.951. The lowest BCUT2D eigenvalue weighted by Crippen LogP contribution is -2.07. The Balaban J connectivity index is 1.70. The van der Waals surface area contributed by atoms with Crippen molar-refractivity contribution in [1.29, 1.82) is 0 Å². The first kappa shape index (κ1) is 7.96. The van der Waals surface area contributed by atoms with Gasteiger partial charge in [0.1, 0.15) is 0 Å². The van der Waals surface area contributed by atoms with Crippen LogP contribution in [0.3, 0.4) is 0 Å². The molecule has 4 atom stereocenters. The maximum atomic E-state index is 1.98. The quantitative estimate of drug-likeness (QED) is 0.505. The van der Waals surface area contributed by atoms with Gasteiger partial charge >= 0.3 is 0 Å². The molecule has 4 aliphatic carbocycles. The van der Waals surface area contributed by atoms with Crippen LogP contribution in [0.1, 0.15) is 51.4 Å². The first-order chi connectivity index (χ1) is 6.90. The van der Waals surface area contributed by atoms with E-state index < -0.39 is 0 Å². The van der Waals surface area contributed by atoms with E-state index in [4.69, 9.17) is 0 Å². The monoisotopic (exact) mass is 188 g/mol. The number of hydrogen-bond acceptors (Lipinski definition) is 0. The lowest BCUT2D eigenvalue weighted by molar-refractivity contribution is 0.521. The van der Waals surface area contributed by atoms with Crippen LogP contribution in [0.4, 0.5) is 0 Å². The van der Waals surface area contributed by atoms with E-state index in [1.54, 1.807) is 38.5 Å². The Labute approximate surface area is 86.8 Å². The molecule has 0 heterocycles. The largest absolute Gasteiger partial charge is 0.0673 e. The highest BCUT2D eigenvalue weighted by Crippen LogP contribution is 2.56. The molecule has 14 heavy (non-hydrogen) atoms. The molecule has 0 unspecified atom stereocenters. The zero-order chi connectivity index (χ0) is 9.12. The normalized spacial score (nSPS) is 54.9. The highest BCUT2D eigenvalue weighted by molar-refractivity contribution is 5.29. The van der Waals surface area contributed by atoms with Crippen LogP contribution in [0.5, 0.6) is 0 Å². The van der Waals surface area contributed by atoms with Gasteiger partial charge in [0.25, 0.3) is 0 Å². The van der Waals surface area contributed by atoms with Crippen LogP contribution in [0, 0.1) is 23.7 Å². The molecule has 0 aromatic rings. The molecule has 76 valence electrons. The Morgan fingerprint density at radius 3 is 1.43 bits per heavy atom. The summed E-state index contributed by atoms with van der Waals surface area (Å²) in [6.45, 7) is 0. The minimum atomic E-state index is 1.06. The summed E-state index contributed by atoms with van der Waals surface area (Å²) in [6.07, 6.45) is 12.4. The molecule has 0 radical (unpaired) electrons. The predicted molar refractivity (Wildman–Crippen MR) is 57.9 cm³/mol. The van der Waals surface area contributed by atoms with Crippen molar-refractivity contribution in [2.45, 2.75) is 51.4 Å². The summed E-state index contributed by atoms with van der Waals surface area (Å²) >= 11 is 0.